The molecule has 0 bridgehead atoms. The van der Waals surface area contributed by atoms with Crippen LogP contribution in [0.25, 0.3) is 0 Å². The van der Waals surface area contributed by atoms with E-state index < -0.39 is 0 Å². The molecule has 0 aromatic heterocycles. The van der Waals surface area contributed by atoms with Crippen molar-refractivity contribution in [3.8, 4) is 0 Å². The van der Waals surface area contributed by atoms with E-state index in [1.165, 1.54) is 5.56 Å². The second-order valence-corrected chi connectivity index (χ2v) is 5.36. The number of rotatable bonds is 5. The number of Topliss-reactive ketones (excluding diaryl/α,β-unsaturated/α-hetero) is 1. The standard InChI is InChI=1S/C16H24O/c1-6-15(17)16(12(4)5)14-9-7-13(8-10-14)11(2)3/h7-12,16H,6H2,1-5H3. The molecule has 1 aromatic carbocycles. The minimum atomic E-state index is 0.0567. The van der Waals surface area contributed by atoms with Crippen molar-refractivity contribution in [1.29, 1.82) is 0 Å². The number of benzene rings is 1. The topological polar surface area (TPSA) is 17.1 Å². The van der Waals surface area contributed by atoms with Crippen LogP contribution in [-0.4, -0.2) is 5.78 Å². The summed E-state index contributed by atoms with van der Waals surface area (Å²) in [6, 6.07) is 8.54. The highest BCUT2D eigenvalue weighted by Gasteiger charge is 2.22. The molecule has 0 aliphatic heterocycles. The SMILES string of the molecule is CCC(=O)C(c1ccc(C(C)C)cc1)C(C)C. The third-order valence-corrected chi connectivity index (χ3v) is 3.32. The molecule has 0 radical (unpaired) electrons. The third kappa shape index (κ3) is 3.42. The molecule has 1 unspecified atom stereocenters. The van der Waals surface area contributed by atoms with Gasteiger partial charge in [-0.2, -0.15) is 0 Å². The summed E-state index contributed by atoms with van der Waals surface area (Å²) < 4.78 is 0. The van der Waals surface area contributed by atoms with E-state index in [0.29, 0.717) is 24.0 Å². The molecule has 1 atom stereocenters. The molecule has 17 heavy (non-hydrogen) atoms. The second-order valence-electron chi connectivity index (χ2n) is 5.36. The second kappa shape index (κ2) is 6.00. The summed E-state index contributed by atoms with van der Waals surface area (Å²) in [6.07, 6.45) is 0.620. The largest absolute Gasteiger partial charge is 0.299 e. The van der Waals surface area contributed by atoms with Crippen molar-refractivity contribution >= 4 is 5.78 Å². The van der Waals surface area contributed by atoms with Crippen LogP contribution in [0, 0.1) is 5.92 Å². The first kappa shape index (κ1) is 14.0. The Hall–Kier alpha value is -1.11. The molecule has 0 heterocycles. The fourth-order valence-corrected chi connectivity index (χ4v) is 2.25. The van der Waals surface area contributed by atoms with Gasteiger partial charge in [0.2, 0.25) is 0 Å². The lowest BCUT2D eigenvalue weighted by Crippen LogP contribution is -2.17. The van der Waals surface area contributed by atoms with Gasteiger partial charge in [-0.15, -0.1) is 0 Å². The first-order valence-corrected chi connectivity index (χ1v) is 6.59. The highest BCUT2D eigenvalue weighted by Crippen LogP contribution is 2.27. The Bertz CT molecular complexity index is 360. The van der Waals surface area contributed by atoms with Gasteiger partial charge in [0, 0.05) is 12.3 Å². The molecule has 0 saturated carbocycles. The number of ketones is 1. The monoisotopic (exact) mass is 232 g/mol. The molecular weight excluding hydrogens is 208 g/mol. The van der Waals surface area contributed by atoms with Crippen molar-refractivity contribution in [2.75, 3.05) is 0 Å². The summed E-state index contributed by atoms with van der Waals surface area (Å²) in [5, 5.41) is 0. The van der Waals surface area contributed by atoms with Crippen LogP contribution >= 0.6 is 0 Å². The van der Waals surface area contributed by atoms with Crippen LogP contribution in [0.4, 0.5) is 0 Å². The maximum Gasteiger partial charge on any atom is 0.140 e. The van der Waals surface area contributed by atoms with E-state index in [-0.39, 0.29) is 5.92 Å². The van der Waals surface area contributed by atoms with Gasteiger partial charge in [0.25, 0.3) is 0 Å². The van der Waals surface area contributed by atoms with Crippen LogP contribution in [0.15, 0.2) is 24.3 Å². The number of carbonyl (C=O) groups excluding carboxylic acids is 1. The van der Waals surface area contributed by atoms with Gasteiger partial charge in [0.15, 0.2) is 0 Å². The summed E-state index contributed by atoms with van der Waals surface area (Å²) in [5.74, 6) is 1.31. The molecular formula is C16H24O. The van der Waals surface area contributed by atoms with Crippen molar-refractivity contribution in [3.05, 3.63) is 35.4 Å². The van der Waals surface area contributed by atoms with Gasteiger partial charge in [-0.1, -0.05) is 58.9 Å². The lowest BCUT2D eigenvalue weighted by Gasteiger charge is -2.20. The van der Waals surface area contributed by atoms with E-state index in [1.807, 2.05) is 6.92 Å². The van der Waals surface area contributed by atoms with Gasteiger partial charge in [-0.25, -0.2) is 0 Å². The molecule has 0 fully saturated rings. The molecule has 0 N–H and O–H groups in total. The van der Waals surface area contributed by atoms with Crippen molar-refractivity contribution in [2.24, 2.45) is 5.92 Å². The third-order valence-electron chi connectivity index (χ3n) is 3.32. The van der Waals surface area contributed by atoms with Crippen LogP contribution < -0.4 is 0 Å². The van der Waals surface area contributed by atoms with Crippen LogP contribution in [-0.2, 0) is 4.79 Å². The van der Waals surface area contributed by atoms with Crippen molar-refractivity contribution in [3.63, 3.8) is 0 Å². The fourth-order valence-electron chi connectivity index (χ4n) is 2.25. The maximum absolute atomic E-state index is 12.0. The zero-order valence-electron chi connectivity index (χ0n) is 11.7. The van der Waals surface area contributed by atoms with E-state index in [9.17, 15) is 4.79 Å². The number of carbonyl (C=O) groups is 1. The molecule has 0 aliphatic carbocycles. The molecule has 0 spiro atoms. The van der Waals surface area contributed by atoms with E-state index >= 15 is 0 Å². The first-order chi connectivity index (χ1) is 7.97. The van der Waals surface area contributed by atoms with Gasteiger partial charge >= 0.3 is 0 Å². The zero-order valence-corrected chi connectivity index (χ0v) is 11.7. The lowest BCUT2D eigenvalue weighted by molar-refractivity contribution is -0.121. The van der Waals surface area contributed by atoms with Crippen LogP contribution in [0.3, 0.4) is 0 Å². The number of hydrogen-bond donors (Lipinski definition) is 0. The van der Waals surface area contributed by atoms with Crippen molar-refractivity contribution in [1.82, 2.24) is 0 Å². The van der Waals surface area contributed by atoms with Crippen LogP contribution in [0.1, 0.15) is 64.0 Å². The Morgan fingerprint density at radius 3 is 1.82 bits per heavy atom. The minimum absolute atomic E-state index is 0.0567. The zero-order chi connectivity index (χ0) is 13.0. The summed E-state index contributed by atoms with van der Waals surface area (Å²) in [7, 11) is 0. The van der Waals surface area contributed by atoms with E-state index in [4.69, 9.17) is 0 Å². The van der Waals surface area contributed by atoms with Crippen LogP contribution in [0.2, 0.25) is 0 Å². The molecule has 1 aromatic rings. The van der Waals surface area contributed by atoms with E-state index in [0.717, 1.165) is 5.56 Å². The summed E-state index contributed by atoms with van der Waals surface area (Å²) in [6.45, 7) is 10.6. The Morgan fingerprint density at radius 2 is 1.47 bits per heavy atom. The molecule has 1 heteroatoms. The van der Waals surface area contributed by atoms with Crippen molar-refractivity contribution < 1.29 is 4.79 Å². The van der Waals surface area contributed by atoms with Gasteiger partial charge < -0.3 is 0 Å². The lowest BCUT2D eigenvalue weighted by atomic mass is 9.83. The van der Waals surface area contributed by atoms with Gasteiger partial charge in [-0.3, -0.25) is 4.79 Å². The first-order valence-electron chi connectivity index (χ1n) is 6.59. The van der Waals surface area contributed by atoms with Gasteiger partial charge in [-0.05, 0) is 23.0 Å². The van der Waals surface area contributed by atoms with Crippen molar-refractivity contribution in [2.45, 2.75) is 52.9 Å². The number of hydrogen-bond acceptors (Lipinski definition) is 1. The fraction of sp³-hybridized carbons (Fsp3) is 0.562. The molecule has 94 valence electrons. The highest BCUT2D eigenvalue weighted by molar-refractivity contribution is 5.85. The maximum atomic E-state index is 12.0. The van der Waals surface area contributed by atoms with Gasteiger partial charge in [0.05, 0.1) is 0 Å². The Labute approximate surface area is 105 Å². The minimum Gasteiger partial charge on any atom is -0.299 e. The summed E-state index contributed by atoms with van der Waals surface area (Å²) in [5.41, 5.74) is 2.50. The average molecular weight is 232 g/mol. The van der Waals surface area contributed by atoms with E-state index in [2.05, 4.69) is 52.0 Å². The normalized spacial score (nSPS) is 13.1. The predicted octanol–water partition coefficient (Wildman–Crippen LogP) is 4.53. The molecule has 1 nitrogen and oxygen atoms in total. The Kier molecular flexibility index (Phi) is 4.92. The molecule has 1 rings (SSSR count). The smallest absolute Gasteiger partial charge is 0.140 e. The predicted molar refractivity (Wildman–Crippen MR) is 73.4 cm³/mol. The molecule has 0 amide bonds. The molecule has 0 saturated heterocycles. The Balaban J connectivity index is 3.00. The quantitative estimate of drug-likeness (QED) is 0.729. The van der Waals surface area contributed by atoms with Gasteiger partial charge in [0.1, 0.15) is 5.78 Å². The highest BCUT2D eigenvalue weighted by atomic mass is 16.1. The average Bonchev–Trinajstić information content (AvgIpc) is 2.29. The Morgan fingerprint density at radius 1 is 1.00 bits per heavy atom. The van der Waals surface area contributed by atoms with E-state index in [1.54, 1.807) is 0 Å². The van der Waals surface area contributed by atoms with Crippen LogP contribution in [0.5, 0.6) is 0 Å². The molecule has 0 aliphatic rings. The summed E-state index contributed by atoms with van der Waals surface area (Å²) in [4.78, 5) is 12.0. The summed E-state index contributed by atoms with van der Waals surface area (Å²) >= 11 is 0.